The van der Waals surface area contributed by atoms with Gasteiger partial charge in [0, 0.05) is 9.80 Å². The molecule has 0 bridgehead atoms. The maximum Gasteiger partial charge on any atom is 0.113 e. The van der Waals surface area contributed by atoms with Gasteiger partial charge in [0.25, 0.3) is 0 Å². The van der Waals surface area contributed by atoms with Gasteiger partial charge in [-0.2, -0.15) is 0 Å². The largest absolute Gasteiger partial charge is 0.390 e. The molecule has 0 saturated carbocycles. The third-order valence-corrected chi connectivity index (χ3v) is 4.17. The Balaban J connectivity index is 2.26. The summed E-state index contributed by atoms with van der Waals surface area (Å²) in [6, 6.07) is 8.97. The molecule has 16 heavy (non-hydrogen) atoms. The number of hydrogen-bond acceptors (Lipinski definition) is 3. The fraction of sp³-hybridized carbons (Fsp3) is 0.333. The van der Waals surface area contributed by atoms with Crippen LogP contribution in [0.15, 0.2) is 46.2 Å². The molecule has 0 amide bonds. The van der Waals surface area contributed by atoms with Crippen molar-refractivity contribution in [1.29, 1.82) is 0 Å². The van der Waals surface area contributed by atoms with Gasteiger partial charge >= 0.3 is 0 Å². The average molecular weight is 238 g/mol. The van der Waals surface area contributed by atoms with Gasteiger partial charge in [-0.05, 0) is 25.0 Å². The summed E-state index contributed by atoms with van der Waals surface area (Å²) in [7, 11) is -1.37. The zero-order valence-corrected chi connectivity index (χ0v) is 9.56. The molecule has 2 N–H and O–H groups in total. The standard InChI is InChI=1S/C12H14O3S/c13-10-7-4-8-11(12(10)14)16(15)9-5-2-1-3-6-9/h1-3,5-6,8,10,12-14H,4,7H2/t10-,12+,16?/m0/s1. The molecule has 86 valence electrons. The minimum absolute atomic E-state index is 0.421. The van der Waals surface area contributed by atoms with Crippen molar-refractivity contribution in [2.24, 2.45) is 0 Å². The minimum Gasteiger partial charge on any atom is -0.390 e. The van der Waals surface area contributed by atoms with Crippen LogP contribution < -0.4 is 0 Å². The first kappa shape index (κ1) is 11.5. The van der Waals surface area contributed by atoms with Gasteiger partial charge in [-0.3, -0.25) is 0 Å². The molecule has 1 aromatic rings. The van der Waals surface area contributed by atoms with Crippen LogP contribution in [-0.4, -0.2) is 26.6 Å². The van der Waals surface area contributed by atoms with E-state index < -0.39 is 23.0 Å². The summed E-state index contributed by atoms with van der Waals surface area (Å²) in [6.07, 6.45) is 1.14. The smallest absolute Gasteiger partial charge is 0.113 e. The molecule has 0 heterocycles. The molecule has 0 fully saturated rings. The Morgan fingerprint density at radius 1 is 1.19 bits per heavy atom. The molecule has 2 rings (SSSR count). The third-order valence-electron chi connectivity index (χ3n) is 2.64. The molecule has 0 saturated heterocycles. The molecule has 3 nitrogen and oxygen atoms in total. The Hall–Kier alpha value is -0.970. The van der Waals surface area contributed by atoms with E-state index in [1.54, 1.807) is 30.3 Å². The Labute approximate surface area is 96.9 Å². The zero-order chi connectivity index (χ0) is 11.5. The van der Waals surface area contributed by atoms with E-state index in [0.717, 1.165) is 0 Å². The van der Waals surface area contributed by atoms with Gasteiger partial charge in [0.2, 0.25) is 0 Å². The van der Waals surface area contributed by atoms with Crippen LogP contribution in [0.25, 0.3) is 0 Å². The number of rotatable bonds is 2. The summed E-state index contributed by atoms with van der Waals surface area (Å²) < 4.78 is 12.1. The summed E-state index contributed by atoms with van der Waals surface area (Å²) in [4.78, 5) is 1.08. The SMILES string of the molecule is O=S(C1=CCC[C@H](O)[C@H]1O)c1ccccc1. The van der Waals surface area contributed by atoms with Crippen molar-refractivity contribution in [2.45, 2.75) is 29.9 Å². The molecular weight excluding hydrogens is 224 g/mol. The van der Waals surface area contributed by atoms with Gasteiger partial charge in [-0.25, -0.2) is 4.21 Å². The van der Waals surface area contributed by atoms with Crippen molar-refractivity contribution >= 4 is 10.8 Å². The van der Waals surface area contributed by atoms with Crippen molar-refractivity contribution in [2.75, 3.05) is 0 Å². The Morgan fingerprint density at radius 3 is 2.56 bits per heavy atom. The molecule has 0 aliphatic heterocycles. The van der Waals surface area contributed by atoms with Crippen molar-refractivity contribution < 1.29 is 14.4 Å². The van der Waals surface area contributed by atoms with E-state index in [4.69, 9.17) is 0 Å². The van der Waals surface area contributed by atoms with Crippen LogP contribution in [0.5, 0.6) is 0 Å². The lowest BCUT2D eigenvalue weighted by atomic mass is 10.0. The number of aliphatic hydroxyl groups is 2. The van der Waals surface area contributed by atoms with Crippen molar-refractivity contribution in [3.63, 3.8) is 0 Å². The monoisotopic (exact) mass is 238 g/mol. The van der Waals surface area contributed by atoms with Crippen LogP contribution in [0.2, 0.25) is 0 Å². The highest BCUT2D eigenvalue weighted by molar-refractivity contribution is 7.89. The van der Waals surface area contributed by atoms with Gasteiger partial charge in [-0.1, -0.05) is 24.3 Å². The fourth-order valence-electron chi connectivity index (χ4n) is 1.73. The number of benzene rings is 1. The summed E-state index contributed by atoms with van der Waals surface area (Å²) in [5, 5.41) is 19.3. The average Bonchev–Trinajstić information content (AvgIpc) is 2.33. The second-order valence-electron chi connectivity index (χ2n) is 3.78. The molecule has 0 aromatic heterocycles. The normalized spacial score (nSPS) is 27.2. The third kappa shape index (κ3) is 2.24. The topological polar surface area (TPSA) is 57.5 Å². The summed E-state index contributed by atoms with van der Waals surface area (Å²) in [5.41, 5.74) is 0. The fourth-order valence-corrected chi connectivity index (χ4v) is 3.05. The van der Waals surface area contributed by atoms with E-state index in [0.29, 0.717) is 22.6 Å². The van der Waals surface area contributed by atoms with Crippen LogP contribution in [0.1, 0.15) is 12.8 Å². The highest BCUT2D eigenvalue weighted by Crippen LogP contribution is 2.25. The lowest BCUT2D eigenvalue weighted by Crippen LogP contribution is -2.32. The Morgan fingerprint density at radius 2 is 1.88 bits per heavy atom. The van der Waals surface area contributed by atoms with E-state index in [2.05, 4.69) is 0 Å². The maximum absolute atomic E-state index is 12.1. The first-order valence-corrected chi connectivity index (χ1v) is 6.38. The lowest BCUT2D eigenvalue weighted by Gasteiger charge is -2.24. The highest BCUT2D eigenvalue weighted by atomic mass is 32.2. The van der Waals surface area contributed by atoms with Crippen molar-refractivity contribution in [1.82, 2.24) is 0 Å². The Bertz CT molecular complexity index is 414. The van der Waals surface area contributed by atoms with Crippen LogP contribution >= 0.6 is 0 Å². The molecule has 0 spiro atoms. The summed E-state index contributed by atoms with van der Waals surface area (Å²) in [5.74, 6) is 0. The van der Waals surface area contributed by atoms with E-state index in [1.165, 1.54) is 0 Å². The predicted octanol–water partition coefficient (Wildman–Crippen LogP) is 1.19. The minimum atomic E-state index is -1.37. The van der Waals surface area contributed by atoms with Crippen LogP contribution in [0.4, 0.5) is 0 Å². The first-order chi connectivity index (χ1) is 7.70. The van der Waals surface area contributed by atoms with Gasteiger partial charge in [0.1, 0.15) is 6.10 Å². The molecule has 3 atom stereocenters. The molecule has 1 aromatic carbocycles. The predicted molar refractivity (Wildman–Crippen MR) is 62.2 cm³/mol. The van der Waals surface area contributed by atoms with Crippen LogP contribution in [0, 0.1) is 0 Å². The lowest BCUT2D eigenvalue weighted by molar-refractivity contribution is 0.0362. The van der Waals surface area contributed by atoms with Crippen molar-refractivity contribution in [3.8, 4) is 0 Å². The molecule has 1 aliphatic carbocycles. The number of allylic oxidation sites excluding steroid dienone is 1. The van der Waals surface area contributed by atoms with Crippen molar-refractivity contribution in [3.05, 3.63) is 41.3 Å². The van der Waals surface area contributed by atoms with Gasteiger partial charge < -0.3 is 10.2 Å². The molecule has 4 heteroatoms. The summed E-state index contributed by atoms with van der Waals surface area (Å²) in [6.45, 7) is 0. The maximum atomic E-state index is 12.1. The highest BCUT2D eigenvalue weighted by Gasteiger charge is 2.28. The second kappa shape index (κ2) is 4.91. The molecule has 1 aliphatic rings. The van der Waals surface area contributed by atoms with E-state index in [1.807, 2.05) is 6.07 Å². The zero-order valence-electron chi connectivity index (χ0n) is 8.74. The molecule has 1 unspecified atom stereocenters. The summed E-state index contributed by atoms with van der Waals surface area (Å²) >= 11 is 0. The quantitative estimate of drug-likeness (QED) is 0.814. The van der Waals surface area contributed by atoms with E-state index in [-0.39, 0.29) is 0 Å². The first-order valence-electron chi connectivity index (χ1n) is 5.23. The van der Waals surface area contributed by atoms with Gasteiger partial charge in [0.15, 0.2) is 0 Å². The Kier molecular flexibility index (Phi) is 3.53. The van der Waals surface area contributed by atoms with E-state index >= 15 is 0 Å². The van der Waals surface area contributed by atoms with E-state index in [9.17, 15) is 14.4 Å². The molecular formula is C12H14O3S. The molecule has 0 radical (unpaired) electrons. The second-order valence-corrected chi connectivity index (χ2v) is 5.26. The van der Waals surface area contributed by atoms with Gasteiger partial charge in [-0.15, -0.1) is 0 Å². The number of hydrogen-bond donors (Lipinski definition) is 2. The number of aliphatic hydroxyl groups excluding tert-OH is 2. The van der Waals surface area contributed by atoms with Crippen LogP contribution in [-0.2, 0) is 10.8 Å². The van der Waals surface area contributed by atoms with Gasteiger partial charge in [0.05, 0.1) is 16.9 Å². The van der Waals surface area contributed by atoms with Crippen LogP contribution in [0.3, 0.4) is 0 Å².